The molecule has 0 saturated heterocycles. The fourth-order valence-corrected chi connectivity index (χ4v) is 2.34. The van der Waals surface area contributed by atoms with Crippen molar-refractivity contribution in [3.63, 3.8) is 0 Å². The lowest BCUT2D eigenvalue weighted by Crippen LogP contribution is -2.10. The largest absolute Gasteiger partial charge is 0.366 e. The van der Waals surface area contributed by atoms with Gasteiger partial charge in [-0.3, -0.25) is 4.79 Å². The first-order chi connectivity index (χ1) is 11.0. The summed E-state index contributed by atoms with van der Waals surface area (Å²) >= 11 is 3.21. The minimum Gasteiger partial charge on any atom is -0.366 e. The summed E-state index contributed by atoms with van der Waals surface area (Å²) in [5, 5.41) is 12.1. The molecule has 0 spiro atoms. The molecule has 0 unspecified atom stereocenters. The van der Waals surface area contributed by atoms with E-state index in [2.05, 4.69) is 31.3 Å². The van der Waals surface area contributed by atoms with Crippen LogP contribution in [0.3, 0.4) is 0 Å². The first kappa shape index (κ1) is 15.3. The lowest BCUT2D eigenvalue weighted by molar-refractivity contribution is 0.100. The molecule has 3 aromatic rings. The van der Waals surface area contributed by atoms with Gasteiger partial charge >= 0.3 is 0 Å². The molecule has 0 aliphatic rings. The van der Waals surface area contributed by atoms with Crippen LogP contribution in [0.5, 0.6) is 0 Å². The fraction of sp³-hybridized carbons (Fsp3) is 0.0667. The average molecular weight is 376 g/mol. The number of aromatic nitrogens is 4. The van der Waals surface area contributed by atoms with E-state index in [9.17, 15) is 9.18 Å². The Morgan fingerprint density at radius 3 is 2.61 bits per heavy atom. The maximum atomic E-state index is 13.8. The zero-order valence-electron chi connectivity index (χ0n) is 11.8. The standard InChI is InChI=1S/C15H11BrFN5O/c16-12-6-5-11(13(17)7-12)8-22-20-15(19-21-22)10-3-1-9(2-4-10)14(18)23/h1-7H,8H2,(H2,18,23). The van der Waals surface area contributed by atoms with Gasteiger partial charge in [0.2, 0.25) is 11.7 Å². The predicted molar refractivity (Wildman–Crippen MR) is 85.0 cm³/mol. The second-order valence-corrected chi connectivity index (χ2v) is 5.74. The zero-order valence-corrected chi connectivity index (χ0v) is 13.4. The number of primary amides is 1. The molecule has 0 fully saturated rings. The molecule has 0 aliphatic heterocycles. The number of halogens is 2. The topological polar surface area (TPSA) is 86.7 Å². The number of tetrazole rings is 1. The van der Waals surface area contributed by atoms with E-state index in [0.29, 0.717) is 27.0 Å². The van der Waals surface area contributed by atoms with E-state index in [0.717, 1.165) is 0 Å². The van der Waals surface area contributed by atoms with Gasteiger partial charge in [-0.25, -0.2) is 4.39 Å². The van der Waals surface area contributed by atoms with Gasteiger partial charge in [-0.15, -0.1) is 10.2 Å². The fourth-order valence-electron chi connectivity index (χ4n) is 2.01. The monoisotopic (exact) mass is 375 g/mol. The second-order valence-electron chi connectivity index (χ2n) is 4.82. The maximum absolute atomic E-state index is 13.8. The molecule has 6 nitrogen and oxygen atoms in total. The Kier molecular flexibility index (Phi) is 4.16. The van der Waals surface area contributed by atoms with Crippen molar-refractivity contribution < 1.29 is 9.18 Å². The van der Waals surface area contributed by atoms with E-state index >= 15 is 0 Å². The average Bonchev–Trinajstić information content (AvgIpc) is 2.99. The van der Waals surface area contributed by atoms with Crippen molar-refractivity contribution in [3.05, 3.63) is 63.9 Å². The number of rotatable bonds is 4. The van der Waals surface area contributed by atoms with Gasteiger partial charge in [0, 0.05) is 21.2 Å². The molecular weight excluding hydrogens is 365 g/mol. The zero-order chi connectivity index (χ0) is 16.4. The smallest absolute Gasteiger partial charge is 0.248 e. The van der Waals surface area contributed by atoms with E-state index in [1.54, 1.807) is 36.4 Å². The van der Waals surface area contributed by atoms with E-state index in [-0.39, 0.29) is 12.4 Å². The van der Waals surface area contributed by atoms with Crippen LogP contribution in [-0.4, -0.2) is 26.1 Å². The number of hydrogen-bond donors (Lipinski definition) is 1. The minimum atomic E-state index is -0.501. The van der Waals surface area contributed by atoms with Crippen LogP contribution in [0.15, 0.2) is 46.9 Å². The summed E-state index contributed by atoms with van der Waals surface area (Å²) in [5.74, 6) is -0.457. The van der Waals surface area contributed by atoms with Crippen molar-refractivity contribution in [3.8, 4) is 11.4 Å². The van der Waals surface area contributed by atoms with Gasteiger partial charge < -0.3 is 5.73 Å². The third-order valence-corrected chi connectivity index (χ3v) is 3.70. The first-order valence-electron chi connectivity index (χ1n) is 6.65. The van der Waals surface area contributed by atoms with E-state index in [4.69, 9.17) is 5.73 Å². The highest BCUT2D eigenvalue weighted by molar-refractivity contribution is 9.10. The molecular formula is C15H11BrFN5O. The summed E-state index contributed by atoms with van der Waals surface area (Å²) in [4.78, 5) is 12.4. The third kappa shape index (κ3) is 3.42. The molecule has 116 valence electrons. The van der Waals surface area contributed by atoms with Gasteiger partial charge in [0.25, 0.3) is 0 Å². The molecule has 8 heteroatoms. The third-order valence-electron chi connectivity index (χ3n) is 3.21. The van der Waals surface area contributed by atoms with Gasteiger partial charge in [0.1, 0.15) is 5.82 Å². The Morgan fingerprint density at radius 1 is 1.22 bits per heavy atom. The van der Waals surface area contributed by atoms with Crippen molar-refractivity contribution in [2.45, 2.75) is 6.54 Å². The summed E-state index contributed by atoms with van der Waals surface area (Å²) < 4.78 is 14.5. The molecule has 3 rings (SSSR count). The molecule has 0 saturated carbocycles. The maximum Gasteiger partial charge on any atom is 0.248 e. The molecule has 0 aliphatic carbocycles. The molecule has 0 radical (unpaired) electrons. The Morgan fingerprint density at radius 2 is 1.96 bits per heavy atom. The van der Waals surface area contributed by atoms with Crippen LogP contribution in [-0.2, 0) is 6.54 Å². The van der Waals surface area contributed by atoms with E-state index < -0.39 is 5.91 Å². The summed E-state index contributed by atoms with van der Waals surface area (Å²) in [6, 6.07) is 11.3. The van der Waals surface area contributed by atoms with Crippen LogP contribution in [0.2, 0.25) is 0 Å². The molecule has 1 amide bonds. The van der Waals surface area contributed by atoms with Crippen LogP contribution < -0.4 is 5.73 Å². The Labute approximate surface area is 139 Å². The van der Waals surface area contributed by atoms with Crippen LogP contribution in [0.1, 0.15) is 15.9 Å². The SMILES string of the molecule is NC(=O)c1ccc(-c2nnn(Cc3ccc(Br)cc3F)n2)cc1. The summed E-state index contributed by atoms with van der Waals surface area (Å²) in [7, 11) is 0. The van der Waals surface area contributed by atoms with Gasteiger partial charge in [-0.05, 0) is 29.5 Å². The van der Waals surface area contributed by atoms with Crippen LogP contribution >= 0.6 is 15.9 Å². The van der Waals surface area contributed by atoms with Gasteiger partial charge in [0.05, 0.1) is 6.54 Å². The number of nitrogens with two attached hydrogens (primary N) is 1. The van der Waals surface area contributed by atoms with Crippen LogP contribution in [0.25, 0.3) is 11.4 Å². The number of nitrogens with zero attached hydrogens (tertiary/aromatic N) is 4. The van der Waals surface area contributed by atoms with Gasteiger partial charge in [-0.2, -0.15) is 4.80 Å². The number of carbonyl (C=O) groups excluding carboxylic acids is 1. The Balaban J connectivity index is 1.81. The number of carbonyl (C=O) groups is 1. The summed E-state index contributed by atoms with van der Waals surface area (Å²) in [5.41, 5.74) is 6.74. The van der Waals surface area contributed by atoms with Crippen molar-refractivity contribution in [2.75, 3.05) is 0 Å². The van der Waals surface area contributed by atoms with Crippen LogP contribution in [0.4, 0.5) is 4.39 Å². The Hall–Kier alpha value is -2.61. The van der Waals surface area contributed by atoms with Gasteiger partial charge in [0.15, 0.2) is 0 Å². The Bertz CT molecular complexity index is 863. The molecule has 0 atom stereocenters. The first-order valence-corrected chi connectivity index (χ1v) is 7.44. The molecule has 0 bridgehead atoms. The summed E-state index contributed by atoms with van der Waals surface area (Å²) in [6.07, 6.45) is 0. The van der Waals surface area contributed by atoms with Crippen molar-refractivity contribution in [2.24, 2.45) is 5.73 Å². The molecule has 2 aromatic carbocycles. The quantitative estimate of drug-likeness (QED) is 0.758. The lowest BCUT2D eigenvalue weighted by atomic mass is 10.1. The highest BCUT2D eigenvalue weighted by atomic mass is 79.9. The molecule has 1 aromatic heterocycles. The number of amides is 1. The predicted octanol–water partition coefficient (Wildman–Crippen LogP) is 2.39. The van der Waals surface area contributed by atoms with E-state index in [1.807, 2.05) is 0 Å². The van der Waals surface area contributed by atoms with Crippen molar-refractivity contribution >= 4 is 21.8 Å². The molecule has 23 heavy (non-hydrogen) atoms. The molecule has 2 N–H and O–H groups in total. The van der Waals surface area contributed by atoms with Crippen molar-refractivity contribution in [1.29, 1.82) is 0 Å². The highest BCUT2D eigenvalue weighted by Crippen LogP contribution is 2.17. The van der Waals surface area contributed by atoms with Gasteiger partial charge in [-0.1, -0.05) is 34.1 Å². The molecule has 1 heterocycles. The second kappa shape index (κ2) is 6.25. The highest BCUT2D eigenvalue weighted by Gasteiger charge is 2.10. The normalized spacial score (nSPS) is 10.7. The minimum absolute atomic E-state index is 0.172. The van der Waals surface area contributed by atoms with Crippen molar-refractivity contribution in [1.82, 2.24) is 20.2 Å². The van der Waals surface area contributed by atoms with E-state index in [1.165, 1.54) is 10.9 Å². The van der Waals surface area contributed by atoms with Crippen LogP contribution in [0, 0.1) is 5.82 Å². The number of benzene rings is 2. The number of hydrogen-bond acceptors (Lipinski definition) is 4. The summed E-state index contributed by atoms with van der Waals surface area (Å²) in [6.45, 7) is 0.172. The lowest BCUT2D eigenvalue weighted by Gasteiger charge is -2.02.